The van der Waals surface area contributed by atoms with Crippen molar-refractivity contribution < 1.29 is 35.9 Å². The number of rotatable bonds is 1. The highest BCUT2D eigenvalue weighted by molar-refractivity contribution is 5.68. The quantitative estimate of drug-likeness (QED) is 0.582. The molecule has 9 heteroatoms. The minimum Gasteiger partial charge on any atom is -0.444 e. The van der Waals surface area contributed by atoms with Crippen LogP contribution in [0.25, 0.3) is 0 Å². The number of benzene rings is 1. The third-order valence-electron chi connectivity index (χ3n) is 2.54. The Bertz CT molecular complexity index is 658. The standard InChI is InChI=1S/C16H15F6NO2/c1-14(2,3)25-13(24)23-6-4-5-10-7-11(15(17,18)19)9-12(8-10)16(20,21)22/h7-9H,6H2,1-3H3,(H,23,24). The molecule has 0 fully saturated rings. The average Bonchev–Trinajstić information content (AvgIpc) is 2.39. The number of alkyl carbamates (subject to hydrolysis) is 1. The lowest BCUT2D eigenvalue weighted by Gasteiger charge is -2.19. The first-order valence-corrected chi connectivity index (χ1v) is 6.94. The molecule has 0 spiro atoms. The first-order chi connectivity index (χ1) is 11.2. The van der Waals surface area contributed by atoms with Gasteiger partial charge in [-0.3, -0.25) is 0 Å². The molecule has 0 saturated carbocycles. The third-order valence-corrected chi connectivity index (χ3v) is 2.54. The Kier molecular flexibility index (Phi) is 6.00. The zero-order chi connectivity index (χ0) is 19.5. The van der Waals surface area contributed by atoms with Crippen molar-refractivity contribution in [3.8, 4) is 11.8 Å². The van der Waals surface area contributed by atoms with Gasteiger partial charge in [-0.05, 0) is 39.0 Å². The molecule has 0 bridgehead atoms. The van der Waals surface area contributed by atoms with E-state index in [1.165, 1.54) is 0 Å². The van der Waals surface area contributed by atoms with Gasteiger partial charge in [0.05, 0.1) is 17.7 Å². The Balaban J connectivity index is 2.94. The summed E-state index contributed by atoms with van der Waals surface area (Å²) in [6.07, 6.45) is -10.7. The number of hydrogen-bond donors (Lipinski definition) is 1. The van der Waals surface area contributed by atoms with Crippen LogP contribution in [0.1, 0.15) is 37.5 Å². The second-order valence-electron chi connectivity index (χ2n) is 5.95. The van der Waals surface area contributed by atoms with Crippen LogP contribution in [0.15, 0.2) is 18.2 Å². The Hall–Kier alpha value is -2.37. The molecule has 0 saturated heterocycles. The number of amides is 1. The largest absolute Gasteiger partial charge is 0.444 e. The molecule has 138 valence electrons. The summed E-state index contributed by atoms with van der Waals surface area (Å²) in [4.78, 5) is 11.3. The van der Waals surface area contributed by atoms with Crippen molar-refractivity contribution in [1.29, 1.82) is 0 Å². The molecule has 1 N–H and O–H groups in total. The second-order valence-corrected chi connectivity index (χ2v) is 5.95. The number of hydrogen-bond acceptors (Lipinski definition) is 2. The summed E-state index contributed by atoms with van der Waals surface area (Å²) < 4.78 is 81.1. The zero-order valence-corrected chi connectivity index (χ0v) is 13.5. The minimum absolute atomic E-state index is 0.0180. The van der Waals surface area contributed by atoms with Crippen molar-refractivity contribution in [2.45, 2.75) is 38.7 Å². The molecule has 0 atom stereocenters. The van der Waals surface area contributed by atoms with Crippen molar-refractivity contribution in [3.63, 3.8) is 0 Å². The molecule has 1 aromatic rings. The van der Waals surface area contributed by atoms with Gasteiger partial charge in [-0.15, -0.1) is 0 Å². The third kappa shape index (κ3) is 7.37. The fourth-order valence-electron chi connectivity index (χ4n) is 1.60. The maximum absolute atomic E-state index is 12.7. The van der Waals surface area contributed by atoms with Crippen LogP contribution in [-0.4, -0.2) is 18.2 Å². The van der Waals surface area contributed by atoms with Crippen molar-refractivity contribution in [2.24, 2.45) is 0 Å². The van der Waals surface area contributed by atoms with Crippen LogP contribution in [0.3, 0.4) is 0 Å². The van der Waals surface area contributed by atoms with E-state index in [0.717, 1.165) is 0 Å². The second kappa shape index (κ2) is 7.25. The molecule has 1 rings (SSSR count). The van der Waals surface area contributed by atoms with Gasteiger partial charge < -0.3 is 10.1 Å². The highest BCUT2D eigenvalue weighted by Gasteiger charge is 2.36. The lowest BCUT2D eigenvalue weighted by Crippen LogP contribution is -2.32. The van der Waals surface area contributed by atoms with Crippen molar-refractivity contribution in [3.05, 3.63) is 34.9 Å². The van der Waals surface area contributed by atoms with Gasteiger partial charge in [0.15, 0.2) is 0 Å². The number of carbonyl (C=O) groups excluding carboxylic acids is 1. The van der Waals surface area contributed by atoms with Crippen LogP contribution in [-0.2, 0) is 17.1 Å². The van der Waals surface area contributed by atoms with E-state index in [1.807, 2.05) is 0 Å². The molecule has 0 heterocycles. The topological polar surface area (TPSA) is 38.3 Å². The molecule has 1 aromatic carbocycles. The number of halogens is 6. The van der Waals surface area contributed by atoms with Crippen molar-refractivity contribution in [2.75, 3.05) is 6.54 Å². The molecular formula is C16H15F6NO2. The Labute approximate surface area is 140 Å². The van der Waals surface area contributed by atoms with Crippen LogP contribution in [0, 0.1) is 11.8 Å². The number of carbonyl (C=O) groups is 1. The summed E-state index contributed by atoms with van der Waals surface area (Å²) in [5.41, 5.74) is -4.12. The van der Waals surface area contributed by atoms with E-state index >= 15 is 0 Å². The van der Waals surface area contributed by atoms with Gasteiger partial charge in [0.25, 0.3) is 0 Å². The molecule has 0 radical (unpaired) electrons. The van der Waals surface area contributed by atoms with Crippen molar-refractivity contribution >= 4 is 6.09 Å². The van der Waals surface area contributed by atoms with E-state index in [9.17, 15) is 31.1 Å². The van der Waals surface area contributed by atoms with Crippen LogP contribution in [0.2, 0.25) is 0 Å². The van der Waals surface area contributed by atoms with Gasteiger partial charge in [-0.25, -0.2) is 4.79 Å². The average molecular weight is 367 g/mol. The molecule has 25 heavy (non-hydrogen) atoms. The van der Waals surface area contributed by atoms with Gasteiger partial charge in [-0.1, -0.05) is 11.8 Å². The summed E-state index contributed by atoms with van der Waals surface area (Å²) in [5.74, 6) is 4.45. The molecule has 0 aromatic heterocycles. The number of ether oxygens (including phenoxy) is 1. The molecule has 0 aliphatic rings. The molecule has 0 aliphatic heterocycles. The van der Waals surface area contributed by atoms with E-state index in [-0.39, 0.29) is 12.6 Å². The Morgan fingerprint density at radius 3 is 1.88 bits per heavy atom. The van der Waals surface area contributed by atoms with E-state index in [1.54, 1.807) is 20.8 Å². The van der Waals surface area contributed by atoms with Crippen LogP contribution >= 0.6 is 0 Å². The van der Waals surface area contributed by atoms with Gasteiger partial charge >= 0.3 is 18.4 Å². The zero-order valence-electron chi connectivity index (χ0n) is 13.5. The van der Waals surface area contributed by atoms with Crippen LogP contribution in [0.4, 0.5) is 31.1 Å². The molecule has 0 unspecified atom stereocenters. The first-order valence-electron chi connectivity index (χ1n) is 6.94. The van der Waals surface area contributed by atoms with E-state index < -0.39 is 40.7 Å². The number of alkyl halides is 6. The predicted molar refractivity (Wildman–Crippen MR) is 77.6 cm³/mol. The molecular weight excluding hydrogens is 352 g/mol. The summed E-state index contributed by atoms with van der Waals surface area (Å²) in [6, 6.07) is 1.04. The van der Waals surface area contributed by atoms with Gasteiger partial charge in [-0.2, -0.15) is 26.3 Å². The van der Waals surface area contributed by atoms with Gasteiger partial charge in [0.1, 0.15) is 5.60 Å². The molecule has 0 aliphatic carbocycles. The summed E-state index contributed by atoms with van der Waals surface area (Å²) in [5, 5.41) is 2.22. The van der Waals surface area contributed by atoms with Crippen LogP contribution < -0.4 is 5.32 Å². The van der Waals surface area contributed by atoms with E-state index in [0.29, 0.717) is 12.1 Å². The fraction of sp³-hybridized carbons (Fsp3) is 0.438. The van der Waals surface area contributed by atoms with E-state index in [4.69, 9.17) is 4.74 Å². The normalized spacial score (nSPS) is 12.2. The van der Waals surface area contributed by atoms with E-state index in [2.05, 4.69) is 17.2 Å². The van der Waals surface area contributed by atoms with Gasteiger partial charge in [0, 0.05) is 5.56 Å². The smallest absolute Gasteiger partial charge is 0.416 e. The van der Waals surface area contributed by atoms with Gasteiger partial charge in [0.2, 0.25) is 0 Å². The lowest BCUT2D eigenvalue weighted by molar-refractivity contribution is -0.143. The predicted octanol–water partition coefficient (Wildman–Crippen LogP) is 4.60. The summed E-state index contributed by atoms with van der Waals surface area (Å²) in [7, 11) is 0. The first kappa shape index (κ1) is 20.7. The monoisotopic (exact) mass is 367 g/mol. The van der Waals surface area contributed by atoms with Crippen LogP contribution in [0.5, 0.6) is 0 Å². The lowest BCUT2D eigenvalue weighted by atomic mass is 10.0. The SMILES string of the molecule is CC(C)(C)OC(=O)NCC#Cc1cc(C(F)(F)F)cc(C(F)(F)F)c1. The Morgan fingerprint density at radius 1 is 1.00 bits per heavy atom. The summed E-state index contributed by atoms with van der Waals surface area (Å²) in [6.45, 7) is 4.57. The van der Waals surface area contributed by atoms with Crippen molar-refractivity contribution in [1.82, 2.24) is 5.32 Å². The Morgan fingerprint density at radius 2 is 1.48 bits per heavy atom. The fourth-order valence-corrected chi connectivity index (χ4v) is 1.60. The highest BCUT2D eigenvalue weighted by atomic mass is 19.4. The summed E-state index contributed by atoms with van der Waals surface area (Å²) >= 11 is 0. The molecule has 1 amide bonds. The maximum atomic E-state index is 12.7. The number of nitrogens with one attached hydrogen (secondary N) is 1. The highest BCUT2D eigenvalue weighted by Crippen LogP contribution is 2.36. The minimum atomic E-state index is -4.94. The molecule has 3 nitrogen and oxygen atoms in total. The maximum Gasteiger partial charge on any atom is 0.416 e.